The molecule has 0 aliphatic rings. The van der Waals surface area contributed by atoms with Crippen molar-refractivity contribution >= 4 is 16.9 Å². The molecule has 170 valence electrons. The number of pyridine rings is 1. The molecule has 7 heteroatoms. The Morgan fingerprint density at radius 2 is 1.73 bits per heavy atom. The largest absolute Gasteiger partial charge is 0.490 e. The molecule has 1 amide bonds. The van der Waals surface area contributed by atoms with Crippen molar-refractivity contribution in [1.29, 1.82) is 0 Å². The number of ether oxygens (including phenoxy) is 2. The Labute approximate surface area is 193 Å². The number of rotatable bonds is 10. The second-order valence-corrected chi connectivity index (χ2v) is 7.67. The predicted octanol–water partition coefficient (Wildman–Crippen LogP) is 4.93. The summed E-state index contributed by atoms with van der Waals surface area (Å²) in [6.07, 6.45) is 5.31. The van der Waals surface area contributed by atoms with Crippen LogP contribution >= 0.6 is 0 Å². The summed E-state index contributed by atoms with van der Waals surface area (Å²) < 4.78 is 13.5. The fraction of sp³-hybridized carbons (Fsp3) is 0.269. The SMILES string of the molecule is CCCOc1ccc(C(=O)NCc2ccc(-n3cnc4ccccc43)nc2)cc1OCCC. The van der Waals surface area contributed by atoms with Crippen LogP contribution in [0, 0.1) is 0 Å². The lowest BCUT2D eigenvalue weighted by Crippen LogP contribution is -2.23. The van der Waals surface area contributed by atoms with Gasteiger partial charge in [-0.3, -0.25) is 9.36 Å². The number of amides is 1. The summed E-state index contributed by atoms with van der Waals surface area (Å²) in [6, 6.07) is 17.1. The first-order valence-electron chi connectivity index (χ1n) is 11.2. The van der Waals surface area contributed by atoms with E-state index < -0.39 is 0 Å². The van der Waals surface area contributed by atoms with E-state index in [1.165, 1.54) is 0 Å². The van der Waals surface area contributed by atoms with Crippen LogP contribution in [0.15, 0.2) is 67.1 Å². The molecule has 0 unspecified atom stereocenters. The Hall–Kier alpha value is -3.87. The van der Waals surface area contributed by atoms with Gasteiger partial charge in [0.15, 0.2) is 11.5 Å². The maximum atomic E-state index is 12.7. The summed E-state index contributed by atoms with van der Waals surface area (Å²) in [5.41, 5.74) is 3.35. The van der Waals surface area contributed by atoms with E-state index in [2.05, 4.69) is 15.3 Å². The normalized spacial score (nSPS) is 10.8. The first-order valence-corrected chi connectivity index (χ1v) is 11.2. The van der Waals surface area contributed by atoms with Crippen molar-refractivity contribution in [3.05, 3.63) is 78.2 Å². The van der Waals surface area contributed by atoms with Crippen LogP contribution in [0.4, 0.5) is 0 Å². The van der Waals surface area contributed by atoms with E-state index in [4.69, 9.17) is 9.47 Å². The van der Waals surface area contributed by atoms with Crippen molar-refractivity contribution in [3.8, 4) is 17.3 Å². The van der Waals surface area contributed by atoms with Gasteiger partial charge in [-0.25, -0.2) is 9.97 Å². The molecule has 0 radical (unpaired) electrons. The Morgan fingerprint density at radius 1 is 0.939 bits per heavy atom. The van der Waals surface area contributed by atoms with Crippen molar-refractivity contribution in [2.45, 2.75) is 33.2 Å². The van der Waals surface area contributed by atoms with Gasteiger partial charge in [-0.05, 0) is 54.8 Å². The monoisotopic (exact) mass is 444 g/mol. The molecular formula is C26H28N4O3. The summed E-state index contributed by atoms with van der Waals surface area (Å²) in [4.78, 5) is 21.7. The summed E-state index contributed by atoms with van der Waals surface area (Å²) in [6.45, 7) is 5.63. The van der Waals surface area contributed by atoms with E-state index in [1.807, 2.05) is 54.8 Å². The molecule has 0 bridgehead atoms. The molecule has 0 saturated carbocycles. The van der Waals surface area contributed by atoms with Crippen molar-refractivity contribution in [2.24, 2.45) is 0 Å². The molecule has 7 nitrogen and oxygen atoms in total. The van der Waals surface area contributed by atoms with Gasteiger partial charge in [0.1, 0.15) is 12.1 Å². The first kappa shape index (κ1) is 22.3. The minimum absolute atomic E-state index is 0.178. The molecule has 0 aliphatic carbocycles. The van der Waals surface area contributed by atoms with E-state index in [9.17, 15) is 4.79 Å². The highest BCUT2D eigenvalue weighted by atomic mass is 16.5. The van der Waals surface area contributed by atoms with Crippen LogP contribution in [0.5, 0.6) is 11.5 Å². The number of carbonyl (C=O) groups excluding carboxylic acids is 1. The zero-order valence-electron chi connectivity index (χ0n) is 19.0. The lowest BCUT2D eigenvalue weighted by Gasteiger charge is -2.13. The lowest BCUT2D eigenvalue weighted by molar-refractivity contribution is 0.0950. The topological polar surface area (TPSA) is 78.3 Å². The number of imidazole rings is 1. The molecule has 1 N–H and O–H groups in total. The number of nitrogens with one attached hydrogen (secondary N) is 1. The Kier molecular flexibility index (Phi) is 7.19. The summed E-state index contributed by atoms with van der Waals surface area (Å²) in [5.74, 6) is 1.85. The molecule has 2 heterocycles. The molecule has 4 rings (SSSR count). The molecule has 0 fully saturated rings. The van der Waals surface area contributed by atoms with Gasteiger partial charge in [0.05, 0.1) is 24.2 Å². The lowest BCUT2D eigenvalue weighted by atomic mass is 10.1. The molecule has 4 aromatic rings. The van der Waals surface area contributed by atoms with Gasteiger partial charge in [-0.15, -0.1) is 0 Å². The van der Waals surface area contributed by atoms with E-state index in [0.29, 0.717) is 36.8 Å². The van der Waals surface area contributed by atoms with Crippen LogP contribution in [0.3, 0.4) is 0 Å². The standard InChI is InChI=1S/C26H28N4O3/c1-3-13-32-23-11-10-20(15-24(23)33-14-4-2)26(31)28-17-19-9-12-25(27-16-19)30-18-29-21-7-5-6-8-22(21)30/h5-12,15-16,18H,3-4,13-14,17H2,1-2H3,(H,28,31). The van der Waals surface area contributed by atoms with Gasteiger partial charge in [0.25, 0.3) is 5.91 Å². The first-order chi connectivity index (χ1) is 16.2. The fourth-order valence-electron chi connectivity index (χ4n) is 3.40. The van der Waals surface area contributed by atoms with Crippen LogP contribution in [-0.4, -0.2) is 33.7 Å². The number of para-hydroxylation sites is 2. The molecule has 2 aromatic carbocycles. The number of fused-ring (bicyclic) bond motifs is 1. The Bertz CT molecular complexity index is 1220. The second-order valence-electron chi connectivity index (χ2n) is 7.67. The Morgan fingerprint density at radius 3 is 2.48 bits per heavy atom. The number of nitrogens with zero attached hydrogens (tertiary/aromatic N) is 3. The molecule has 2 aromatic heterocycles. The maximum absolute atomic E-state index is 12.7. The molecule has 0 aliphatic heterocycles. The third-order valence-electron chi connectivity index (χ3n) is 5.09. The van der Waals surface area contributed by atoms with E-state index in [0.717, 1.165) is 35.3 Å². The molecule has 0 saturated heterocycles. The third-order valence-corrected chi connectivity index (χ3v) is 5.09. The van der Waals surface area contributed by atoms with Crippen molar-refractivity contribution < 1.29 is 14.3 Å². The van der Waals surface area contributed by atoms with E-state index >= 15 is 0 Å². The van der Waals surface area contributed by atoms with E-state index in [1.54, 1.807) is 30.7 Å². The number of hydrogen-bond acceptors (Lipinski definition) is 5. The number of hydrogen-bond donors (Lipinski definition) is 1. The van der Waals surface area contributed by atoms with Gasteiger partial charge in [0.2, 0.25) is 0 Å². The highest BCUT2D eigenvalue weighted by Gasteiger charge is 2.12. The van der Waals surface area contributed by atoms with Crippen LogP contribution in [0.2, 0.25) is 0 Å². The summed E-state index contributed by atoms with van der Waals surface area (Å²) in [7, 11) is 0. The van der Waals surface area contributed by atoms with Crippen LogP contribution in [0.1, 0.15) is 42.6 Å². The van der Waals surface area contributed by atoms with Crippen molar-refractivity contribution in [3.63, 3.8) is 0 Å². The average Bonchev–Trinajstić information content (AvgIpc) is 3.29. The third kappa shape index (κ3) is 5.31. The van der Waals surface area contributed by atoms with Crippen molar-refractivity contribution in [2.75, 3.05) is 13.2 Å². The van der Waals surface area contributed by atoms with Crippen LogP contribution < -0.4 is 14.8 Å². The van der Waals surface area contributed by atoms with Gasteiger partial charge >= 0.3 is 0 Å². The molecule has 0 spiro atoms. The smallest absolute Gasteiger partial charge is 0.251 e. The minimum atomic E-state index is -0.178. The second kappa shape index (κ2) is 10.6. The van der Waals surface area contributed by atoms with Gasteiger partial charge in [-0.1, -0.05) is 32.0 Å². The fourth-order valence-corrected chi connectivity index (χ4v) is 3.40. The average molecular weight is 445 g/mol. The van der Waals surface area contributed by atoms with Crippen LogP contribution in [0.25, 0.3) is 16.9 Å². The van der Waals surface area contributed by atoms with Gasteiger partial charge in [-0.2, -0.15) is 0 Å². The zero-order chi connectivity index (χ0) is 23.0. The number of benzene rings is 2. The molecule has 0 atom stereocenters. The van der Waals surface area contributed by atoms with Gasteiger partial charge < -0.3 is 14.8 Å². The van der Waals surface area contributed by atoms with E-state index in [-0.39, 0.29) is 5.91 Å². The quantitative estimate of drug-likeness (QED) is 0.375. The summed E-state index contributed by atoms with van der Waals surface area (Å²) >= 11 is 0. The predicted molar refractivity (Wildman–Crippen MR) is 128 cm³/mol. The Balaban J connectivity index is 1.42. The molecular weight excluding hydrogens is 416 g/mol. The highest BCUT2D eigenvalue weighted by Crippen LogP contribution is 2.29. The summed E-state index contributed by atoms with van der Waals surface area (Å²) in [5, 5.41) is 2.95. The van der Waals surface area contributed by atoms with Gasteiger partial charge in [0, 0.05) is 18.3 Å². The van der Waals surface area contributed by atoms with Crippen molar-refractivity contribution in [1.82, 2.24) is 19.9 Å². The number of carbonyl (C=O) groups is 1. The highest BCUT2D eigenvalue weighted by molar-refractivity contribution is 5.94. The minimum Gasteiger partial charge on any atom is -0.490 e. The zero-order valence-corrected chi connectivity index (χ0v) is 19.0. The van der Waals surface area contributed by atoms with Crippen LogP contribution in [-0.2, 0) is 6.54 Å². The molecule has 33 heavy (non-hydrogen) atoms. The number of aromatic nitrogens is 3. The maximum Gasteiger partial charge on any atom is 0.251 e.